The molecule has 0 aromatic carbocycles. The summed E-state index contributed by atoms with van der Waals surface area (Å²) in [6.07, 6.45) is 9.35. The molecule has 0 bridgehead atoms. The van der Waals surface area contributed by atoms with Gasteiger partial charge in [-0.25, -0.2) is 0 Å². The van der Waals surface area contributed by atoms with Crippen LogP contribution >= 0.6 is 0 Å². The van der Waals surface area contributed by atoms with E-state index in [9.17, 15) is 0 Å². The van der Waals surface area contributed by atoms with Crippen molar-refractivity contribution in [2.24, 2.45) is 0 Å². The van der Waals surface area contributed by atoms with Crippen molar-refractivity contribution < 1.29 is 0 Å². The maximum Gasteiger partial charge on any atom is 0.0143 e. The second kappa shape index (κ2) is 3.25. The van der Waals surface area contributed by atoms with Crippen LogP contribution in [0.3, 0.4) is 0 Å². The summed E-state index contributed by atoms with van der Waals surface area (Å²) < 4.78 is 0. The third-order valence-electron chi connectivity index (χ3n) is 1.54. The predicted octanol–water partition coefficient (Wildman–Crippen LogP) is 2.34. The lowest BCUT2D eigenvalue weighted by Gasteiger charge is -1.98. The van der Waals surface area contributed by atoms with Gasteiger partial charge in [-0.05, 0) is 31.1 Å². The molecule has 1 aliphatic heterocycles. The Morgan fingerprint density at radius 2 is 2.20 bits per heavy atom. The summed E-state index contributed by atoms with van der Waals surface area (Å²) in [6, 6.07) is 0. The molecule has 0 unspecified atom stereocenters. The van der Waals surface area contributed by atoms with Gasteiger partial charge in [0.25, 0.3) is 0 Å². The zero-order valence-corrected chi connectivity index (χ0v) is 6.52. The van der Waals surface area contributed by atoms with E-state index >= 15 is 0 Å². The van der Waals surface area contributed by atoms with E-state index in [1.165, 1.54) is 11.3 Å². The van der Waals surface area contributed by atoms with Crippen molar-refractivity contribution in [3.05, 3.63) is 35.7 Å². The van der Waals surface area contributed by atoms with Crippen molar-refractivity contribution in [1.82, 2.24) is 5.32 Å². The van der Waals surface area contributed by atoms with Crippen molar-refractivity contribution in [2.45, 2.75) is 20.3 Å². The molecule has 10 heavy (non-hydrogen) atoms. The van der Waals surface area contributed by atoms with E-state index in [1.807, 2.05) is 6.20 Å². The van der Waals surface area contributed by atoms with Crippen LogP contribution < -0.4 is 5.32 Å². The fourth-order valence-corrected chi connectivity index (χ4v) is 0.836. The minimum atomic E-state index is 1.06. The first-order valence-corrected chi connectivity index (χ1v) is 3.63. The molecule has 0 aromatic heterocycles. The molecule has 54 valence electrons. The lowest BCUT2D eigenvalue weighted by atomic mass is 10.2. The molecule has 0 fully saturated rings. The Balaban J connectivity index is 2.74. The SMILES string of the molecule is CCC1=CC=C(C)C=CN1. The molecule has 1 heteroatoms. The quantitative estimate of drug-likeness (QED) is 0.582. The molecule has 0 spiro atoms. The van der Waals surface area contributed by atoms with Gasteiger partial charge in [-0.1, -0.05) is 13.0 Å². The summed E-state index contributed by atoms with van der Waals surface area (Å²) in [5.41, 5.74) is 2.56. The van der Waals surface area contributed by atoms with Gasteiger partial charge in [-0.3, -0.25) is 0 Å². The van der Waals surface area contributed by atoms with Gasteiger partial charge in [0.2, 0.25) is 0 Å². The molecule has 1 aliphatic rings. The Bertz CT molecular complexity index is 197. The van der Waals surface area contributed by atoms with Gasteiger partial charge in [-0.15, -0.1) is 0 Å². The van der Waals surface area contributed by atoms with E-state index in [0.717, 1.165) is 6.42 Å². The summed E-state index contributed by atoms with van der Waals surface area (Å²) in [5, 5.41) is 3.19. The van der Waals surface area contributed by atoms with Crippen LogP contribution in [0.4, 0.5) is 0 Å². The Morgan fingerprint density at radius 1 is 1.40 bits per heavy atom. The monoisotopic (exact) mass is 135 g/mol. The van der Waals surface area contributed by atoms with Crippen LogP contribution in [0.15, 0.2) is 35.7 Å². The first-order valence-electron chi connectivity index (χ1n) is 3.63. The molecule has 0 saturated heterocycles. The average molecular weight is 135 g/mol. The number of rotatable bonds is 1. The van der Waals surface area contributed by atoms with Gasteiger partial charge in [0.05, 0.1) is 0 Å². The molecule has 1 nitrogen and oxygen atoms in total. The maximum absolute atomic E-state index is 3.19. The summed E-state index contributed by atoms with van der Waals surface area (Å²) in [5.74, 6) is 0. The summed E-state index contributed by atoms with van der Waals surface area (Å²) >= 11 is 0. The van der Waals surface area contributed by atoms with Crippen LogP contribution in [0, 0.1) is 0 Å². The lowest BCUT2D eigenvalue weighted by Crippen LogP contribution is -2.01. The van der Waals surface area contributed by atoms with E-state index in [-0.39, 0.29) is 0 Å². The van der Waals surface area contributed by atoms with Crippen molar-refractivity contribution in [3.8, 4) is 0 Å². The van der Waals surface area contributed by atoms with Gasteiger partial charge < -0.3 is 5.32 Å². The van der Waals surface area contributed by atoms with Crippen LogP contribution in [0.5, 0.6) is 0 Å². The number of hydrogen-bond donors (Lipinski definition) is 1. The van der Waals surface area contributed by atoms with E-state index in [4.69, 9.17) is 0 Å². The van der Waals surface area contributed by atoms with Gasteiger partial charge in [0.15, 0.2) is 0 Å². The molecule has 0 atom stereocenters. The van der Waals surface area contributed by atoms with Crippen LogP contribution in [-0.2, 0) is 0 Å². The highest BCUT2D eigenvalue weighted by atomic mass is 14.8. The molecular weight excluding hydrogens is 122 g/mol. The zero-order chi connectivity index (χ0) is 7.40. The van der Waals surface area contributed by atoms with E-state index < -0.39 is 0 Å². The zero-order valence-electron chi connectivity index (χ0n) is 6.52. The molecule has 1 heterocycles. The molecule has 0 saturated carbocycles. The fourth-order valence-electron chi connectivity index (χ4n) is 0.836. The molecule has 0 aromatic rings. The molecule has 0 amide bonds. The minimum absolute atomic E-state index is 1.06. The van der Waals surface area contributed by atoms with Crippen molar-refractivity contribution in [2.75, 3.05) is 0 Å². The second-order valence-corrected chi connectivity index (χ2v) is 2.43. The summed E-state index contributed by atoms with van der Waals surface area (Å²) in [7, 11) is 0. The highest BCUT2D eigenvalue weighted by Crippen LogP contribution is 2.04. The topological polar surface area (TPSA) is 12.0 Å². The average Bonchev–Trinajstić information content (AvgIpc) is 2.14. The Labute approximate surface area is 62.1 Å². The highest BCUT2D eigenvalue weighted by Gasteiger charge is 1.90. The second-order valence-electron chi connectivity index (χ2n) is 2.43. The van der Waals surface area contributed by atoms with Crippen molar-refractivity contribution >= 4 is 0 Å². The van der Waals surface area contributed by atoms with Crippen molar-refractivity contribution in [1.29, 1.82) is 0 Å². The van der Waals surface area contributed by atoms with E-state index in [1.54, 1.807) is 0 Å². The Hall–Kier alpha value is -0.980. The summed E-state index contributed by atoms with van der Waals surface area (Å²) in [4.78, 5) is 0. The number of hydrogen-bond acceptors (Lipinski definition) is 1. The van der Waals surface area contributed by atoms with Crippen LogP contribution in [-0.4, -0.2) is 0 Å². The number of allylic oxidation sites excluding steroid dienone is 5. The van der Waals surface area contributed by atoms with Gasteiger partial charge in [-0.2, -0.15) is 0 Å². The van der Waals surface area contributed by atoms with Crippen LogP contribution in [0.2, 0.25) is 0 Å². The molecule has 0 radical (unpaired) electrons. The van der Waals surface area contributed by atoms with Gasteiger partial charge in [0.1, 0.15) is 0 Å². The van der Waals surface area contributed by atoms with Gasteiger partial charge >= 0.3 is 0 Å². The standard InChI is InChI=1S/C9H13N/c1-3-9-5-4-8(2)6-7-10-9/h4-7,10H,3H2,1-2H3. The minimum Gasteiger partial charge on any atom is -0.365 e. The maximum atomic E-state index is 3.19. The normalized spacial score (nSPS) is 17.0. The molecule has 1 N–H and O–H groups in total. The smallest absolute Gasteiger partial charge is 0.0143 e. The van der Waals surface area contributed by atoms with Crippen molar-refractivity contribution in [3.63, 3.8) is 0 Å². The van der Waals surface area contributed by atoms with Crippen LogP contribution in [0.25, 0.3) is 0 Å². The van der Waals surface area contributed by atoms with Gasteiger partial charge in [0, 0.05) is 11.9 Å². The third kappa shape index (κ3) is 1.76. The Morgan fingerprint density at radius 3 is 2.90 bits per heavy atom. The summed E-state index contributed by atoms with van der Waals surface area (Å²) in [6.45, 7) is 4.23. The molecule has 0 aliphatic carbocycles. The third-order valence-corrected chi connectivity index (χ3v) is 1.54. The largest absolute Gasteiger partial charge is 0.365 e. The van der Waals surface area contributed by atoms with E-state index in [2.05, 4.69) is 37.4 Å². The van der Waals surface area contributed by atoms with E-state index in [0.29, 0.717) is 0 Å². The van der Waals surface area contributed by atoms with Crippen LogP contribution in [0.1, 0.15) is 20.3 Å². The highest BCUT2D eigenvalue weighted by molar-refractivity contribution is 5.27. The molecule has 1 rings (SSSR count). The fraction of sp³-hybridized carbons (Fsp3) is 0.333. The lowest BCUT2D eigenvalue weighted by molar-refractivity contribution is 0.947. The predicted molar refractivity (Wildman–Crippen MR) is 44.4 cm³/mol. The first kappa shape index (κ1) is 7.13. The first-order chi connectivity index (χ1) is 4.83. The number of nitrogens with one attached hydrogen (secondary N) is 1. The molecular formula is C9H13N. The Kier molecular flexibility index (Phi) is 2.32.